The predicted octanol–water partition coefficient (Wildman–Crippen LogP) is 2.02. The summed E-state index contributed by atoms with van der Waals surface area (Å²) in [7, 11) is 0. The minimum absolute atomic E-state index is 0.0755. The lowest BCUT2D eigenvalue weighted by Crippen LogP contribution is -2.33. The lowest BCUT2D eigenvalue weighted by molar-refractivity contribution is -0.560. The number of carbonyl (C=O) groups excluding carboxylic acids is 1. The first kappa shape index (κ1) is 18.3. The normalized spacial score (nSPS) is 10.9. The summed E-state index contributed by atoms with van der Waals surface area (Å²) in [5.74, 6) is -0.823. The number of hydrogen-bond donors (Lipinski definition) is 1. The first-order valence-electron chi connectivity index (χ1n) is 6.90. The van der Waals surface area contributed by atoms with Crippen molar-refractivity contribution in [2.75, 3.05) is 18.5 Å². The van der Waals surface area contributed by atoms with Gasteiger partial charge in [-0.2, -0.15) is 0 Å². The van der Waals surface area contributed by atoms with Gasteiger partial charge < -0.3 is 10.1 Å². The molecule has 0 amide bonds. The van der Waals surface area contributed by atoms with Crippen molar-refractivity contribution in [3.8, 4) is 0 Å². The summed E-state index contributed by atoms with van der Waals surface area (Å²) in [5.41, 5.74) is -1.58. The summed E-state index contributed by atoms with van der Waals surface area (Å²) in [6.45, 7) is 4.77. The molecule has 10 heteroatoms. The van der Waals surface area contributed by atoms with E-state index in [2.05, 4.69) is 10.3 Å². The van der Waals surface area contributed by atoms with Gasteiger partial charge in [0.2, 0.25) is 11.4 Å². The van der Waals surface area contributed by atoms with Crippen LogP contribution in [-0.4, -0.2) is 39.5 Å². The molecule has 0 aliphatic heterocycles. The molecule has 0 radical (unpaired) electrons. The van der Waals surface area contributed by atoms with Gasteiger partial charge in [-0.1, -0.05) is 0 Å². The van der Waals surface area contributed by atoms with E-state index < -0.39 is 21.4 Å². The molecule has 10 nitrogen and oxygen atoms in total. The van der Waals surface area contributed by atoms with Crippen LogP contribution >= 0.6 is 0 Å². The van der Waals surface area contributed by atoms with Gasteiger partial charge in [0.25, 0.3) is 0 Å². The Balaban J connectivity index is 2.93. The van der Waals surface area contributed by atoms with Gasteiger partial charge in [0.05, 0.1) is 11.5 Å². The van der Waals surface area contributed by atoms with Crippen LogP contribution in [0.2, 0.25) is 0 Å². The Morgan fingerprint density at radius 2 is 2.00 bits per heavy atom. The standard InChI is InChI=1S/C13H18N4O6/c1-4-23-12(18)9-5-6-10(16(19)20)11(15-9)14-8-7-13(2,3)17(21)22/h5-6H,4,7-8H2,1-3H3,(H,14,15). The van der Waals surface area contributed by atoms with Gasteiger partial charge in [-0.15, -0.1) is 0 Å². The molecule has 0 saturated carbocycles. The Kier molecular flexibility index (Phi) is 5.94. The van der Waals surface area contributed by atoms with Crippen LogP contribution in [0.15, 0.2) is 12.1 Å². The van der Waals surface area contributed by atoms with E-state index in [4.69, 9.17) is 4.74 Å². The molecule has 23 heavy (non-hydrogen) atoms. The smallest absolute Gasteiger partial charge is 0.357 e. The molecule has 0 unspecified atom stereocenters. The Bertz CT molecular complexity index is 616. The van der Waals surface area contributed by atoms with Crippen molar-refractivity contribution in [3.63, 3.8) is 0 Å². The van der Waals surface area contributed by atoms with Crippen molar-refractivity contribution in [1.82, 2.24) is 4.98 Å². The number of nitrogens with zero attached hydrogens (tertiary/aromatic N) is 3. The van der Waals surface area contributed by atoms with E-state index in [-0.39, 0.29) is 36.8 Å². The molecule has 0 atom stereocenters. The van der Waals surface area contributed by atoms with Crippen LogP contribution in [0.4, 0.5) is 11.5 Å². The fraction of sp³-hybridized carbons (Fsp3) is 0.538. The van der Waals surface area contributed by atoms with Crippen LogP contribution in [-0.2, 0) is 4.74 Å². The molecule has 0 fully saturated rings. The number of pyridine rings is 1. The lowest BCUT2D eigenvalue weighted by atomic mass is 10.0. The molecule has 0 spiro atoms. The number of ether oxygens (including phenoxy) is 1. The third-order valence-electron chi connectivity index (χ3n) is 3.08. The zero-order chi connectivity index (χ0) is 17.6. The quantitative estimate of drug-likeness (QED) is 0.435. The molecular formula is C13H18N4O6. The molecule has 0 bridgehead atoms. The lowest BCUT2D eigenvalue weighted by Gasteiger charge is -2.15. The second-order valence-electron chi connectivity index (χ2n) is 5.29. The number of hydrogen-bond acceptors (Lipinski definition) is 8. The molecule has 0 aliphatic carbocycles. The van der Waals surface area contributed by atoms with Gasteiger partial charge in [-0.3, -0.25) is 20.2 Å². The highest BCUT2D eigenvalue weighted by Gasteiger charge is 2.30. The van der Waals surface area contributed by atoms with E-state index in [0.29, 0.717) is 0 Å². The number of carbonyl (C=O) groups is 1. The Morgan fingerprint density at radius 1 is 1.35 bits per heavy atom. The van der Waals surface area contributed by atoms with E-state index in [1.54, 1.807) is 6.92 Å². The van der Waals surface area contributed by atoms with Gasteiger partial charge in [-0.05, 0) is 13.0 Å². The maximum atomic E-state index is 11.6. The van der Waals surface area contributed by atoms with Gasteiger partial charge in [0, 0.05) is 37.8 Å². The number of nitro groups is 2. The second kappa shape index (κ2) is 7.47. The molecule has 1 rings (SSSR count). The van der Waals surface area contributed by atoms with Crippen LogP contribution in [0.3, 0.4) is 0 Å². The summed E-state index contributed by atoms with van der Waals surface area (Å²) in [5, 5.41) is 24.5. The van der Waals surface area contributed by atoms with E-state index in [0.717, 1.165) is 6.07 Å². The van der Waals surface area contributed by atoms with Gasteiger partial charge in [-0.25, -0.2) is 9.78 Å². The molecule has 0 saturated heterocycles. The van der Waals surface area contributed by atoms with Crippen LogP contribution < -0.4 is 5.32 Å². The Labute approximate surface area is 132 Å². The maximum absolute atomic E-state index is 11.6. The molecule has 1 N–H and O–H groups in total. The van der Waals surface area contributed by atoms with E-state index in [1.807, 2.05) is 0 Å². The summed E-state index contributed by atoms with van der Waals surface area (Å²) >= 11 is 0. The van der Waals surface area contributed by atoms with E-state index >= 15 is 0 Å². The van der Waals surface area contributed by atoms with Crippen LogP contribution in [0.25, 0.3) is 0 Å². The average Bonchev–Trinajstić information content (AvgIpc) is 2.46. The Hall–Kier alpha value is -2.78. The van der Waals surface area contributed by atoms with E-state index in [1.165, 1.54) is 19.9 Å². The van der Waals surface area contributed by atoms with Crippen molar-refractivity contribution in [3.05, 3.63) is 38.1 Å². The first-order valence-corrected chi connectivity index (χ1v) is 6.90. The van der Waals surface area contributed by atoms with Crippen LogP contribution in [0.1, 0.15) is 37.7 Å². The van der Waals surface area contributed by atoms with Crippen molar-refractivity contribution in [1.29, 1.82) is 0 Å². The number of esters is 1. The molecule has 1 aromatic rings. The highest BCUT2D eigenvalue weighted by molar-refractivity contribution is 5.88. The fourth-order valence-electron chi connectivity index (χ4n) is 1.63. The van der Waals surface area contributed by atoms with Gasteiger partial charge in [0.1, 0.15) is 0 Å². The molecule has 0 aliphatic rings. The molecule has 1 aromatic heterocycles. The number of anilines is 1. The maximum Gasteiger partial charge on any atom is 0.357 e. The van der Waals surface area contributed by atoms with Gasteiger partial charge >= 0.3 is 11.7 Å². The third kappa shape index (κ3) is 4.87. The monoisotopic (exact) mass is 326 g/mol. The molecular weight excluding hydrogens is 308 g/mol. The summed E-state index contributed by atoms with van der Waals surface area (Å²) in [6.07, 6.45) is 0.127. The van der Waals surface area contributed by atoms with Crippen LogP contribution in [0.5, 0.6) is 0 Å². The van der Waals surface area contributed by atoms with E-state index in [9.17, 15) is 25.0 Å². The van der Waals surface area contributed by atoms with Crippen LogP contribution in [0, 0.1) is 20.2 Å². The molecule has 0 aromatic carbocycles. The van der Waals surface area contributed by atoms with Crippen molar-refractivity contribution in [2.24, 2.45) is 0 Å². The minimum atomic E-state index is -1.18. The third-order valence-corrected chi connectivity index (χ3v) is 3.08. The number of rotatable bonds is 8. The van der Waals surface area contributed by atoms with Gasteiger partial charge in [0.15, 0.2) is 5.69 Å². The zero-order valence-corrected chi connectivity index (χ0v) is 13.1. The number of nitrogens with one attached hydrogen (secondary N) is 1. The topological polar surface area (TPSA) is 138 Å². The first-order chi connectivity index (χ1) is 10.7. The summed E-state index contributed by atoms with van der Waals surface area (Å²) in [4.78, 5) is 36.3. The summed E-state index contributed by atoms with van der Waals surface area (Å²) in [6, 6.07) is 2.34. The van der Waals surface area contributed by atoms with Crippen molar-refractivity contribution >= 4 is 17.5 Å². The second-order valence-corrected chi connectivity index (χ2v) is 5.29. The largest absolute Gasteiger partial charge is 0.461 e. The SMILES string of the molecule is CCOC(=O)c1ccc([N+](=O)[O-])c(NCCC(C)(C)[N+](=O)[O-])n1. The van der Waals surface area contributed by atoms with Crippen molar-refractivity contribution in [2.45, 2.75) is 32.7 Å². The predicted molar refractivity (Wildman–Crippen MR) is 81.0 cm³/mol. The molecule has 1 heterocycles. The highest BCUT2D eigenvalue weighted by atomic mass is 16.6. The fourth-order valence-corrected chi connectivity index (χ4v) is 1.63. The minimum Gasteiger partial charge on any atom is -0.461 e. The Morgan fingerprint density at radius 3 is 2.52 bits per heavy atom. The highest BCUT2D eigenvalue weighted by Crippen LogP contribution is 2.23. The van der Waals surface area contributed by atoms with Crippen molar-refractivity contribution < 1.29 is 19.4 Å². The summed E-state index contributed by atoms with van der Waals surface area (Å²) < 4.78 is 4.79. The molecule has 126 valence electrons. The average molecular weight is 326 g/mol. The number of aromatic nitrogens is 1. The zero-order valence-electron chi connectivity index (χ0n) is 13.1.